The lowest BCUT2D eigenvalue weighted by molar-refractivity contribution is 0.125. The van der Waals surface area contributed by atoms with Gasteiger partial charge in [-0.15, -0.1) is 0 Å². The highest BCUT2D eigenvalue weighted by molar-refractivity contribution is 5.64. The maximum Gasteiger partial charge on any atom is 0.407 e. The molecule has 1 aliphatic rings. The van der Waals surface area contributed by atoms with Crippen molar-refractivity contribution in [3.63, 3.8) is 0 Å². The van der Waals surface area contributed by atoms with Crippen LogP contribution < -0.4 is 0 Å². The first-order valence-corrected chi connectivity index (χ1v) is 6.27. The van der Waals surface area contributed by atoms with Gasteiger partial charge in [0.05, 0.1) is 0 Å². The highest BCUT2D eigenvalue weighted by atomic mass is 16.4. The van der Waals surface area contributed by atoms with Crippen LogP contribution in [-0.2, 0) is 0 Å². The first-order chi connectivity index (χ1) is 8.75. The third kappa shape index (κ3) is 3.53. The Kier molecular flexibility index (Phi) is 4.25. The molecule has 3 nitrogen and oxygen atoms in total. The molecule has 2 rings (SSSR count). The second-order valence-corrected chi connectivity index (χ2v) is 4.58. The van der Waals surface area contributed by atoms with E-state index in [1.165, 1.54) is 4.90 Å². The summed E-state index contributed by atoms with van der Waals surface area (Å²) in [5, 5.41) is 8.85. The summed E-state index contributed by atoms with van der Waals surface area (Å²) >= 11 is 0. The number of carbonyl (C=O) groups is 1. The lowest BCUT2D eigenvalue weighted by Gasteiger charge is -2.28. The van der Waals surface area contributed by atoms with E-state index in [-0.39, 0.29) is 0 Å². The molecule has 3 heteroatoms. The van der Waals surface area contributed by atoms with Gasteiger partial charge in [0.25, 0.3) is 0 Å². The molecule has 0 aromatic heterocycles. The summed E-state index contributed by atoms with van der Waals surface area (Å²) in [6.45, 7) is 1.29. The van der Waals surface area contributed by atoms with E-state index < -0.39 is 6.09 Å². The predicted molar refractivity (Wildman–Crippen MR) is 70.3 cm³/mol. The maximum atomic E-state index is 10.8. The van der Waals surface area contributed by atoms with Crippen LogP contribution in [0.15, 0.2) is 30.3 Å². The molecule has 18 heavy (non-hydrogen) atoms. The SMILES string of the molecule is O=C(O)N1CCC(CC#Cc2ccccc2)CC1. The van der Waals surface area contributed by atoms with E-state index in [1.54, 1.807) is 0 Å². The maximum absolute atomic E-state index is 10.8. The summed E-state index contributed by atoms with van der Waals surface area (Å²) in [6, 6.07) is 9.94. The minimum absolute atomic E-state index is 0.539. The first-order valence-electron chi connectivity index (χ1n) is 6.27. The number of hydrogen-bond acceptors (Lipinski definition) is 1. The minimum Gasteiger partial charge on any atom is -0.465 e. The van der Waals surface area contributed by atoms with Crippen LogP contribution in [0.1, 0.15) is 24.8 Å². The van der Waals surface area contributed by atoms with Crippen LogP contribution in [0.5, 0.6) is 0 Å². The summed E-state index contributed by atoms with van der Waals surface area (Å²) in [4.78, 5) is 12.2. The molecule has 1 fully saturated rings. The van der Waals surface area contributed by atoms with Gasteiger partial charge in [0.2, 0.25) is 0 Å². The van der Waals surface area contributed by atoms with E-state index in [0.29, 0.717) is 19.0 Å². The van der Waals surface area contributed by atoms with Gasteiger partial charge in [-0.2, -0.15) is 0 Å². The highest BCUT2D eigenvalue weighted by Crippen LogP contribution is 2.19. The second-order valence-electron chi connectivity index (χ2n) is 4.58. The van der Waals surface area contributed by atoms with Gasteiger partial charge in [-0.25, -0.2) is 4.79 Å². The van der Waals surface area contributed by atoms with Crippen LogP contribution in [0, 0.1) is 17.8 Å². The van der Waals surface area contributed by atoms with Crippen molar-refractivity contribution >= 4 is 6.09 Å². The third-order valence-corrected chi connectivity index (χ3v) is 3.28. The molecule has 0 atom stereocenters. The number of carboxylic acid groups (broad SMARTS) is 1. The standard InChI is InChI=1S/C15H17NO2/c17-15(18)16-11-9-14(10-12-16)8-4-7-13-5-2-1-3-6-13/h1-3,5-6,14H,8-12H2,(H,17,18). The Balaban J connectivity index is 1.79. The van der Waals surface area contributed by atoms with Crippen molar-refractivity contribution < 1.29 is 9.90 Å². The second kappa shape index (κ2) is 6.11. The highest BCUT2D eigenvalue weighted by Gasteiger charge is 2.21. The monoisotopic (exact) mass is 243 g/mol. The summed E-state index contributed by atoms with van der Waals surface area (Å²) in [6.07, 6.45) is 1.91. The fourth-order valence-corrected chi connectivity index (χ4v) is 2.15. The molecule has 1 aromatic carbocycles. The zero-order valence-corrected chi connectivity index (χ0v) is 10.3. The molecule has 94 valence electrons. The number of benzene rings is 1. The minimum atomic E-state index is -0.802. The van der Waals surface area contributed by atoms with E-state index in [0.717, 1.165) is 24.8 Å². The molecule has 1 saturated heterocycles. The molecular weight excluding hydrogens is 226 g/mol. The van der Waals surface area contributed by atoms with Gasteiger partial charge in [-0.1, -0.05) is 30.0 Å². The van der Waals surface area contributed by atoms with Crippen molar-refractivity contribution in [2.45, 2.75) is 19.3 Å². The molecule has 1 heterocycles. The van der Waals surface area contributed by atoms with Crippen LogP contribution in [0.25, 0.3) is 0 Å². The molecule has 0 bridgehead atoms. The number of likely N-dealkylation sites (tertiary alicyclic amines) is 1. The zero-order chi connectivity index (χ0) is 12.8. The molecule has 1 aliphatic heterocycles. The first kappa shape index (κ1) is 12.5. The lowest BCUT2D eigenvalue weighted by Crippen LogP contribution is -2.37. The van der Waals surface area contributed by atoms with Gasteiger partial charge in [-0.05, 0) is 30.9 Å². The summed E-state index contributed by atoms with van der Waals surface area (Å²) in [7, 11) is 0. The Morgan fingerprint density at radius 1 is 1.28 bits per heavy atom. The molecule has 1 N–H and O–H groups in total. The normalized spacial score (nSPS) is 15.9. The Labute approximate surface area is 107 Å². The Bertz CT molecular complexity index is 450. The van der Waals surface area contributed by atoms with Crippen LogP contribution >= 0.6 is 0 Å². The van der Waals surface area contributed by atoms with Gasteiger partial charge in [0, 0.05) is 25.1 Å². The van der Waals surface area contributed by atoms with Crippen LogP contribution in [0.2, 0.25) is 0 Å². The van der Waals surface area contributed by atoms with Gasteiger partial charge in [0.1, 0.15) is 0 Å². The molecule has 0 saturated carbocycles. The largest absolute Gasteiger partial charge is 0.465 e. The summed E-state index contributed by atoms with van der Waals surface area (Å²) in [5.41, 5.74) is 1.04. The zero-order valence-electron chi connectivity index (χ0n) is 10.3. The van der Waals surface area contributed by atoms with Crippen molar-refractivity contribution in [2.75, 3.05) is 13.1 Å². The molecule has 0 aliphatic carbocycles. The number of piperidine rings is 1. The Hall–Kier alpha value is -1.95. The average molecular weight is 243 g/mol. The van der Waals surface area contributed by atoms with E-state index in [9.17, 15) is 4.79 Å². The van der Waals surface area contributed by atoms with Crippen LogP contribution in [-0.4, -0.2) is 29.2 Å². The van der Waals surface area contributed by atoms with E-state index in [1.807, 2.05) is 30.3 Å². The molecule has 0 spiro atoms. The quantitative estimate of drug-likeness (QED) is 0.770. The van der Waals surface area contributed by atoms with Crippen molar-refractivity contribution in [2.24, 2.45) is 5.92 Å². The van der Waals surface area contributed by atoms with Crippen molar-refractivity contribution in [1.29, 1.82) is 0 Å². The fraction of sp³-hybridized carbons (Fsp3) is 0.400. The van der Waals surface area contributed by atoms with E-state index in [2.05, 4.69) is 11.8 Å². The molecule has 0 radical (unpaired) electrons. The molecular formula is C15H17NO2. The van der Waals surface area contributed by atoms with Gasteiger partial charge in [0.15, 0.2) is 0 Å². The van der Waals surface area contributed by atoms with Crippen LogP contribution in [0.4, 0.5) is 4.79 Å². The van der Waals surface area contributed by atoms with Gasteiger partial charge in [-0.3, -0.25) is 0 Å². The van der Waals surface area contributed by atoms with Gasteiger partial charge >= 0.3 is 6.09 Å². The molecule has 1 amide bonds. The number of rotatable bonds is 1. The number of nitrogens with zero attached hydrogens (tertiary/aromatic N) is 1. The topological polar surface area (TPSA) is 40.5 Å². The van der Waals surface area contributed by atoms with Crippen LogP contribution in [0.3, 0.4) is 0 Å². The predicted octanol–water partition coefficient (Wildman–Crippen LogP) is 2.82. The average Bonchev–Trinajstić information content (AvgIpc) is 2.40. The number of hydrogen-bond donors (Lipinski definition) is 1. The van der Waals surface area contributed by atoms with E-state index in [4.69, 9.17) is 5.11 Å². The molecule has 0 unspecified atom stereocenters. The van der Waals surface area contributed by atoms with Crippen molar-refractivity contribution in [3.8, 4) is 11.8 Å². The summed E-state index contributed by atoms with van der Waals surface area (Å²) < 4.78 is 0. The molecule has 1 aromatic rings. The van der Waals surface area contributed by atoms with Crippen molar-refractivity contribution in [1.82, 2.24) is 4.90 Å². The fourth-order valence-electron chi connectivity index (χ4n) is 2.15. The Morgan fingerprint density at radius 2 is 1.94 bits per heavy atom. The smallest absolute Gasteiger partial charge is 0.407 e. The van der Waals surface area contributed by atoms with Gasteiger partial charge < -0.3 is 10.0 Å². The van der Waals surface area contributed by atoms with Crippen molar-refractivity contribution in [3.05, 3.63) is 35.9 Å². The third-order valence-electron chi connectivity index (χ3n) is 3.28. The number of amides is 1. The summed E-state index contributed by atoms with van der Waals surface area (Å²) in [5.74, 6) is 6.88. The van der Waals surface area contributed by atoms with E-state index >= 15 is 0 Å². The Morgan fingerprint density at radius 3 is 2.56 bits per heavy atom. The lowest BCUT2D eigenvalue weighted by atomic mass is 9.94.